The van der Waals surface area contributed by atoms with E-state index in [1.54, 1.807) is 0 Å². The maximum absolute atomic E-state index is 12.4. The van der Waals surface area contributed by atoms with Crippen molar-refractivity contribution in [2.75, 3.05) is 13.2 Å². The summed E-state index contributed by atoms with van der Waals surface area (Å²) in [5.74, 6) is -0.0436. The van der Waals surface area contributed by atoms with Crippen molar-refractivity contribution in [2.45, 2.75) is 321 Å². The van der Waals surface area contributed by atoms with Crippen LogP contribution in [-0.2, 0) is 14.3 Å². The molecule has 0 aliphatic rings. The number of rotatable bonds is 52. The first-order valence-corrected chi connectivity index (χ1v) is 27.9. The SMILES string of the molecule is CCCCCCCCCCCCCCCCCCCCC(=O)OCCCCCCCCCCC/C=C\CCCCCCCC(=O)NC(CO)C(O)CCCCCCCCCCC. The van der Waals surface area contributed by atoms with E-state index in [-0.39, 0.29) is 18.5 Å². The molecule has 6 heteroatoms. The van der Waals surface area contributed by atoms with E-state index in [1.165, 1.54) is 225 Å². The number of carbonyl (C=O) groups is 2. The van der Waals surface area contributed by atoms with Crippen LogP contribution in [0.1, 0.15) is 309 Å². The van der Waals surface area contributed by atoms with Crippen molar-refractivity contribution >= 4 is 11.9 Å². The Morgan fingerprint density at radius 1 is 0.435 bits per heavy atom. The summed E-state index contributed by atoms with van der Waals surface area (Å²) >= 11 is 0. The van der Waals surface area contributed by atoms with Crippen molar-refractivity contribution in [2.24, 2.45) is 0 Å². The van der Waals surface area contributed by atoms with Crippen LogP contribution in [-0.4, -0.2) is 47.4 Å². The van der Waals surface area contributed by atoms with E-state index < -0.39 is 12.1 Å². The lowest BCUT2D eigenvalue weighted by molar-refractivity contribution is -0.143. The Kier molecular flexibility index (Phi) is 51.0. The fourth-order valence-corrected chi connectivity index (χ4v) is 8.75. The minimum atomic E-state index is -0.669. The summed E-state index contributed by atoms with van der Waals surface area (Å²) in [6, 6.07) is -0.548. The molecule has 0 radical (unpaired) electrons. The highest BCUT2D eigenvalue weighted by atomic mass is 16.5. The molecule has 0 saturated heterocycles. The van der Waals surface area contributed by atoms with Crippen LogP contribution in [0.2, 0.25) is 0 Å². The Morgan fingerprint density at radius 3 is 1.15 bits per heavy atom. The molecule has 0 fully saturated rings. The molecule has 62 heavy (non-hydrogen) atoms. The molecule has 2 unspecified atom stereocenters. The first-order valence-electron chi connectivity index (χ1n) is 27.9. The molecule has 0 spiro atoms. The van der Waals surface area contributed by atoms with Gasteiger partial charge in [0.05, 0.1) is 25.4 Å². The van der Waals surface area contributed by atoms with Crippen molar-refractivity contribution in [1.29, 1.82) is 0 Å². The predicted molar refractivity (Wildman–Crippen MR) is 269 cm³/mol. The molecular formula is C56H109NO5. The zero-order valence-corrected chi connectivity index (χ0v) is 41.9. The van der Waals surface area contributed by atoms with Crippen molar-refractivity contribution < 1.29 is 24.5 Å². The summed E-state index contributed by atoms with van der Waals surface area (Å²) in [6.45, 7) is 4.93. The molecule has 0 rings (SSSR count). The molecule has 0 heterocycles. The summed E-state index contributed by atoms with van der Waals surface area (Å²) in [7, 11) is 0. The Hall–Kier alpha value is -1.40. The van der Waals surface area contributed by atoms with Gasteiger partial charge < -0.3 is 20.3 Å². The van der Waals surface area contributed by atoms with Gasteiger partial charge in [-0.05, 0) is 51.4 Å². The number of esters is 1. The molecule has 0 bridgehead atoms. The monoisotopic (exact) mass is 876 g/mol. The molecule has 0 aromatic heterocycles. The number of aliphatic hydroxyl groups excluding tert-OH is 2. The summed E-state index contributed by atoms with van der Waals surface area (Å²) < 4.78 is 5.49. The molecule has 0 saturated carbocycles. The van der Waals surface area contributed by atoms with Gasteiger partial charge >= 0.3 is 5.97 Å². The van der Waals surface area contributed by atoms with Gasteiger partial charge in [-0.25, -0.2) is 0 Å². The fourth-order valence-electron chi connectivity index (χ4n) is 8.75. The van der Waals surface area contributed by atoms with E-state index in [1.807, 2.05) is 0 Å². The number of carbonyl (C=O) groups excluding carboxylic acids is 2. The third-order valence-corrected chi connectivity index (χ3v) is 13.1. The van der Waals surface area contributed by atoms with Gasteiger partial charge in [0, 0.05) is 12.8 Å². The quantitative estimate of drug-likeness (QED) is 0.0321. The van der Waals surface area contributed by atoms with E-state index in [9.17, 15) is 19.8 Å². The van der Waals surface area contributed by atoms with Gasteiger partial charge in [0.15, 0.2) is 0 Å². The number of nitrogens with one attached hydrogen (secondary N) is 1. The highest BCUT2D eigenvalue weighted by Gasteiger charge is 2.20. The van der Waals surface area contributed by atoms with Gasteiger partial charge in [0.25, 0.3) is 0 Å². The maximum atomic E-state index is 12.4. The second kappa shape index (κ2) is 52.2. The van der Waals surface area contributed by atoms with Crippen LogP contribution >= 0.6 is 0 Å². The topological polar surface area (TPSA) is 95.9 Å². The summed E-state index contributed by atoms with van der Waals surface area (Å²) in [6.07, 6.45) is 60.7. The van der Waals surface area contributed by atoms with E-state index in [2.05, 4.69) is 31.3 Å². The zero-order valence-electron chi connectivity index (χ0n) is 41.9. The number of allylic oxidation sites excluding steroid dienone is 2. The van der Waals surface area contributed by atoms with Crippen molar-refractivity contribution in [3.8, 4) is 0 Å². The second-order valence-electron chi connectivity index (χ2n) is 19.3. The lowest BCUT2D eigenvalue weighted by Gasteiger charge is -2.22. The van der Waals surface area contributed by atoms with Crippen LogP contribution in [0.15, 0.2) is 12.2 Å². The third-order valence-electron chi connectivity index (χ3n) is 13.1. The first kappa shape index (κ1) is 60.6. The Bertz CT molecular complexity index is 924. The number of hydrogen-bond acceptors (Lipinski definition) is 5. The summed E-state index contributed by atoms with van der Waals surface area (Å²) in [5.41, 5.74) is 0. The Balaban J connectivity index is 3.38. The molecule has 1 amide bonds. The van der Waals surface area contributed by atoms with E-state index >= 15 is 0 Å². The summed E-state index contributed by atoms with van der Waals surface area (Å²) in [5, 5.41) is 23.1. The second-order valence-corrected chi connectivity index (χ2v) is 19.3. The highest BCUT2D eigenvalue weighted by molar-refractivity contribution is 5.76. The number of hydrogen-bond donors (Lipinski definition) is 3. The van der Waals surface area contributed by atoms with Gasteiger partial charge in [-0.2, -0.15) is 0 Å². The summed E-state index contributed by atoms with van der Waals surface area (Å²) in [4.78, 5) is 24.5. The van der Waals surface area contributed by atoms with Gasteiger partial charge in [-0.3, -0.25) is 9.59 Å². The number of unbranched alkanes of at least 4 members (excludes halogenated alkanes) is 39. The molecule has 0 aromatic rings. The molecule has 2 atom stereocenters. The molecule has 0 aromatic carbocycles. The van der Waals surface area contributed by atoms with Crippen molar-refractivity contribution in [3.63, 3.8) is 0 Å². The number of aliphatic hydroxyl groups is 2. The first-order chi connectivity index (χ1) is 30.5. The fraction of sp³-hybridized carbons (Fsp3) is 0.929. The average molecular weight is 876 g/mol. The van der Waals surface area contributed by atoms with Crippen LogP contribution in [0.5, 0.6) is 0 Å². The zero-order chi connectivity index (χ0) is 45.1. The molecular weight excluding hydrogens is 767 g/mol. The normalized spacial score (nSPS) is 12.6. The Labute approximate surface area is 387 Å². The lowest BCUT2D eigenvalue weighted by atomic mass is 10.0. The van der Waals surface area contributed by atoms with Gasteiger partial charge in [-0.1, -0.05) is 257 Å². The van der Waals surface area contributed by atoms with Crippen LogP contribution in [0.4, 0.5) is 0 Å². The highest BCUT2D eigenvalue weighted by Crippen LogP contribution is 2.17. The van der Waals surface area contributed by atoms with E-state index in [0.717, 1.165) is 51.4 Å². The molecule has 368 valence electrons. The van der Waals surface area contributed by atoms with Crippen LogP contribution in [0, 0.1) is 0 Å². The predicted octanol–water partition coefficient (Wildman–Crippen LogP) is 16.9. The standard InChI is InChI=1S/C56H109NO5/c1-3-5-7-9-11-13-14-15-16-17-21-24-27-30-34-38-42-46-50-56(61)62-51-47-43-39-35-31-28-25-22-19-18-20-23-26-29-33-37-41-45-49-55(60)57-53(52-58)54(59)48-44-40-36-32-12-10-8-6-4-2/h20,23,53-54,58-59H,3-19,21-22,24-52H2,1-2H3,(H,57,60)/b23-20-. The largest absolute Gasteiger partial charge is 0.466 e. The van der Waals surface area contributed by atoms with E-state index in [0.29, 0.717) is 25.9 Å². The number of amides is 1. The van der Waals surface area contributed by atoms with Gasteiger partial charge in [-0.15, -0.1) is 0 Å². The van der Waals surface area contributed by atoms with Crippen LogP contribution < -0.4 is 5.32 Å². The third kappa shape index (κ3) is 48.1. The van der Waals surface area contributed by atoms with Gasteiger partial charge in [0.1, 0.15) is 0 Å². The average Bonchev–Trinajstić information content (AvgIpc) is 3.27. The minimum absolute atomic E-state index is 0.00741. The van der Waals surface area contributed by atoms with Gasteiger partial charge in [0.2, 0.25) is 5.91 Å². The molecule has 3 N–H and O–H groups in total. The van der Waals surface area contributed by atoms with Crippen molar-refractivity contribution in [3.05, 3.63) is 12.2 Å². The van der Waals surface area contributed by atoms with E-state index in [4.69, 9.17) is 4.74 Å². The number of ether oxygens (including phenoxy) is 1. The minimum Gasteiger partial charge on any atom is -0.466 e. The Morgan fingerprint density at radius 2 is 0.758 bits per heavy atom. The maximum Gasteiger partial charge on any atom is 0.305 e. The molecule has 6 nitrogen and oxygen atoms in total. The lowest BCUT2D eigenvalue weighted by Crippen LogP contribution is -2.45. The molecule has 0 aliphatic heterocycles. The van der Waals surface area contributed by atoms with Crippen molar-refractivity contribution in [1.82, 2.24) is 5.32 Å². The van der Waals surface area contributed by atoms with Crippen LogP contribution in [0.25, 0.3) is 0 Å². The van der Waals surface area contributed by atoms with Crippen LogP contribution in [0.3, 0.4) is 0 Å². The smallest absolute Gasteiger partial charge is 0.305 e. The molecule has 0 aliphatic carbocycles.